The van der Waals surface area contributed by atoms with E-state index in [1.807, 2.05) is 0 Å². The van der Waals surface area contributed by atoms with Gasteiger partial charge in [-0.3, -0.25) is 0 Å². The molecule has 19 heavy (non-hydrogen) atoms. The lowest BCUT2D eigenvalue weighted by Crippen LogP contribution is -2.30. The molecule has 1 heterocycles. The van der Waals surface area contributed by atoms with Crippen LogP contribution < -0.4 is 4.57 Å². The fraction of sp³-hybridized carbons (Fsp3) is 0.167. The molecule has 1 aromatic heterocycles. The third-order valence-electron chi connectivity index (χ3n) is 3.55. The summed E-state index contributed by atoms with van der Waals surface area (Å²) in [5, 5.41) is 1.26. The highest BCUT2D eigenvalue weighted by molar-refractivity contribution is 5.75. The SMILES string of the molecule is CC(C)c1ccc(-[n+]2cccc3ccccc32)cc1. The molecule has 0 aliphatic carbocycles. The summed E-state index contributed by atoms with van der Waals surface area (Å²) in [7, 11) is 0. The van der Waals surface area contributed by atoms with Gasteiger partial charge in [-0.1, -0.05) is 38.1 Å². The number of para-hydroxylation sites is 1. The molecule has 94 valence electrons. The summed E-state index contributed by atoms with van der Waals surface area (Å²) in [4.78, 5) is 0. The fourth-order valence-electron chi connectivity index (χ4n) is 2.41. The maximum atomic E-state index is 2.24. The lowest BCUT2D eigenvalue weighted by atomic mass is 10.0. The molecule has 0 aliphatic rings. The van der Waals surface area contributed by atoms with Gasteiger partial charge in [-0.15, -0.1) is 0 Å². The zero-order valence-electron chi connectivity index (χ0n) is 11.4. The molecule has 0 fully saturated rings. The number of benzene rings is 2. The first-order valence-electron chi connectivity index (χ1n) is 6.75. The van der Waals surface area contributed by atoms with E-state index < -0.39 is 0 Å². The number of rotatable bonds is 2. The average Bonchev–Trinajstić information content (AvgIpc) is 2.47. The molecule has 0 amide bonds. The topological polar surface area (TPSA) is 3.88 Å². The largest absolute Gasteiger partial charge is 0.218 e. The first-order chi connectivity index (χ1) is 9.25. The summed E-state index contributed by atoms with van der Waals surface area (Å²) in [6.07, 6.45) is 2.12. The highest BCUT2D eigenvalue weighted by atomic mass is 15.0. The lowest BCUT2D eigenvalue weighted by Gasteiger charge is -2.05. The van der Waals surface area contributed by atoms with Gasteiger partial charge in [-0.2, -0.15) is 4.57 Å². The average molecular weight is 248 g/mol. The van der Waals surface area contributed by atoms with Crippen LogP contribution in [0.2, 0.25) is 0 Å². The Morgan fingerprint density at radius 3 is 2.21 bits per heavy atom. The molecule has 0 N–H and O–H groups in total. The van der Waals surface area contributed by atoms with E-state index in [1.165, 1.54) is 22.2 Å². The standard InChI is InChI=1S/C18H18N/c1-14(2)15-9-11-17(12-10-15)19-13-5-7-16-6-3-4-8-18(16)19/h3-14H,1-2H3/q+1. The van der Waals surface area contributed by atoms with E-state index in [0.717, 1.165) is 0 Å². The zero-order valence-corrected chi connectivity index (χ0v) is 11.4. The van der Waals surface area contributed by atoms with Crippen LogP contribution >= 0.6 is 0 Å². The Balaban J connectivity index is 2.14. The Morgan fingerprint density at radius 2 is 1.47 bits per heavy atom. The van der Waals surface area contributed by atoms with E-state index >= 15 is 0 Å². The van der Waals surface area contributed by atoms with Crippen molar-refractivity contribution in [3.63, 3.8) is 0 Å². The smallest absolute Gasteiger partial charge is 0.160 e. The summed E-state index contributed by atoms with van der Waals surface area (Å²) in [6.45, 7) is 4.44. The van der Waals surface area contributed by atoms with Crippen LogP contribution in [0.4, 0.5) is 0 Å². The van der Waals surface area contributed by atoms with Gasteiger partial charge in [-0.05, 0) is 23.6 Å². The van der Waals surface area contributed by atoms with Crippen molar-refractivity contribution in [1.29, 1.82) is 0 Å². The number of pyridine rings is 1. The molecule has 0 radical (unpaired) electrons. The minimum absolute atomic E-state index is 0.576. The van der Waals surface area contributed by atoms with Gasteiger partial charge in [0.1, 0.15) is 0 Å². The highest BCUT2D eigenvalue weighted by Gasteiger charge is 2.11. The Morgan fingerprint density at radius 1 is 0.789 bits per heavy atom. The molecule has 0 bridgehead atoms. The van der Waals surface area contributed by atoms with Gasteiger partial charge >= 0.3 is 0 Å². The molecule has 0 saturated heterocycles. The van der Waals surface area contributed by atoms with Crippen LogP contribution in [0.1, 0.15) is 25.3 Å². The maximum Gasteiger partial charge on any atom is 0.218 e. The Hall–Kier alpha value is -2.15. The number of aromatic nitrogens is 1. The molecular formula is C18H18N+. The van der Waals surface area contributed by atoms with Crippen molar-refractivity contribution in [3.8, 4) is 5.69 Å². The second kappa shape index (κ2) is 4.85. The molecule has 3 rings (SSSR count). The van der Waals surface area contributed by atoms with Crippen molar-refractivity contribution in [2.24, 2.45) is 0 Å². The summed E-state index contributed by atoms with van der Waals surface area (Å²) in [5.41, 5.74) is 3.83. The first kappa shape index (κ1) is 11.9. The van der Waals surface area contributed by atoms with Crippen LogP contribution in [0.25, 0.3) is 16.6 Å². The van der Waals surface area contributed by atoms with Crippen molar-refractivity contribution in [1.82, 2.24) is 0 Å². The highest BCUT2D eigenvalue weighted by Crippen LogP contribution is 2.16. The van der Waals surface area contributed by atoms with Crippen LogP contribution in [0.3, 0.4) is 0 Å². The van der Waals surface area contributed by atoms with Crippen molar-refractivity contribution < 1.29 is 4.57 Å². The van der Waals surface area contributed by atoms with Crippen LogP contribution in [0, 0.1) is 0 Å². The monoisotopic (exact) mass is 248 g/mol. The lowest BCUT2D eigenvalue weighted by molar-refractivity contribution is -0.567. The Kier molecular flexibility index (Phi) is 3.04. The predicted molar refractivity (Wildman–Crippen MR) is 79.6 cm³/mol. The molecule has 1 heteroatoms. The predicted octanol–water partition coefficient (Wildman–Crippen LogP) is 4.24. The number of hydrogen-bond acceptors (Lipinski definition) is 0. The number of hydrogen-bond donors (Lipinski definition) is 0. The van der Waals surface area contributed by atoms with E-state index in [1.54, 1.807) is 0 Å². The second-order valence-electron chi connectivity index (χ2n) is 5.18. The molecule has 3 aromatic rings. The van der Waals surface area contributed by atoms with Gasteiger partial charge in [0, 0.05) is 29.7 Å². The van der Waals surface area contributed by atoms with Gasteiger partial charge in [0.25, 0.3) is 0 Å². The van der Waals surface area contributed by atoms with E-state index in [0.29, 0.717) is 5.92 Å². The molecule has 0 atom stereocenters. The van der Waals surface area contributed by atoms with Crippen molar-refractivity contribution in [2.45, 2.75) is 19.8 Å². The third kappa shape index (κ3) is 2.24. The molecular weight excluding hydrogens is 230 g/mol. The quantitative estimate of drug-likeness (QED) is 0.597. The molecule has 0 aliphatic heterocycles. The van der Waals surface area contributed by atoms with Crippen molar-refractivity contribution in [3.05, 3.63) is 72.4 Å². The van der Waals surface area contributed by atoms with Gasteiger partial charge in [0.05, 0.1) is 0 Å². The zero-order chi connectivity index (χ0) is 13.2. The van der Waals surface area contributed by atoms with Gasteiger partial charge in [0.15, 0.2) is 6.20 Å². The normalized spacial score (nSPS) is 11.1. The maximum absolute atomic E-state index is 2.24. The number of nitrogens with zero attached hydrogens (tertiary/aromatic N) is 1. The van der Waals surface area contributed by atoms with Crippen molar-refractivity contribution >= 4 is 10.9 Å². The van der Waals surface area contributed by atoms with E-state index in [4.69, 9.17) is 0 Å². The van der Waals surface area contributed by atoms with E-state index in [2.05, 4.69) is 85.3 Å². The molecule has 0 saturated carbocycles. The van der Waals surface area contributed by atoms with E-state index in [9.17, 15) is 0 Å². The Bertz CT molecular complexity index is 691. The summed E-state index contributed by atoms with van der Waals surface area (Å²) >= 11 is 0. The minimum atomic E-state index is 0.576. The van der Waals surface area contributed by atoms with Gasteiger partial charge in [0.2, 0.25) is 11.2 Å². The third-order valence-corrected chi connectivity index (χ3v) is 3.55. The minimum Gasteiger partial charge on any atom is -0.160 e. The second-order valence-corrected chi connectivity index (χ2v) is 5.18. The van der Waals surface area contributed by atoms with Gasteiger partial charge in [-0.25, -0.2) is 0 Å². The first-order valence-corrected chi connectivity index (χ1v) is 6.75. The molecule has 0 spiro atoms. The summed E-state index contributed by atoms with van der Waals surface area (Å²) < 4.78 is 2.24. The molecule has 0 unspecified atom stereocenters. The summed E-state index contributed by atoms with van der Waals surface area (Å²) in [6, 6.07) is 21.5. The van der Waals surface area contributed by atoms with Crippen LogP contribution in [-0.4, -0.2) is 0 Å². The molecule has 1 nitrogen and oxygen atoms in total. The van der Waals surface area contributed by atoms with Crippen LogP contribution in [-0.2, 0) is 0 Å². The van der Waals surface area contributed by atoms with Crippen LogP contribution in [0.5, 0.6) is 0 Å². The fourth-order valence-corrected chi connectivity index (χ4v) is 2.41. The van der Waals surface area contributed by atoms with Gasteiger partial charge < -0.3 is 0 Å². The number of fused-ring (bicyclic) bond motifs is 1. The Labute approximate surface area is 114 Å². The van der Waals surface area contributed by atoms with E-state index in [-0.39, 0.29) is 0 Å². The van der Waals surface area contributed by atoms with Crippen LogP contribution in [0.15, 0.2) is 66.9 Å². The van der Waals surface area contributed by atoms with Crippen molar-refractivity contribution in [2.75, 3.05) is 0 Å². The molecule has 2 aromatic carbocycles. The summed E-state index contributed by atoms with van der Waals surface area (Å²) in [5.74, 6) is 0.576.